The molecular formula is C17H27N4O4+. The Morgan fingerprint density at radius 1 is 1.00 bits per heavy atom. The van der Waals surface area contributed by atoms with Crippen molar-refractivity contribution in [3.63, 3.8) is 0 Å². The number of hydrogen-bond acceptors (Lipinski definition) is 4. The van der Waals surface area contributed by atoms with Crippen molar-refractivity contribution in [2.24, 2.45) is 0 Å². The average Bonchev–Trinajstić information content (AvgIpc) is 2.60. The van der Waals surface area contributed by atoms with Gasteiger partial charge in [0.2, 0.25) is 5.91 Å². The highest BCUT2D eigenvalue weighted by Gasteiger charge is 2.18. The highest BCUT2D eigenvalue weighted by atomic mass is 16.5. The first-order valence-electron chi connectivity index (χ1n) is 8.29. The number of carbonyl (C=O) groups excluding carboxylic acids is 3. The Hall–Kier alpha value is -2.61. The van der Waals surface area contributed by atoms with E-state index in [4.69, 9.17) is 4.74 Å². The Morgan fingerprint density at radius 3 is 2.32 bits per heavy atom. The van der Waals surface area contributed by atoms with Gasteiger partial charge in [-0.3, -0.25) is 14.4 Å². The molecule has 1 atom stereocenters. The molecule has 0 saturated carbocycles. The van der Waals surface area contributed by atoms with Crippen LogP contribution >= 0.6 is 0 Å². The van der Waals surface area contributed by atoms with E-state index in [1.54, 1.807) is 18.2 Å². The van der Waals surface area contributed by atoms with Gasteiger partial charge in [0.05, 0.1) is 25.9 Å². The normalized spacial score (nSPS) is 11.3. The van der Waals surface area contributed by atoms with E-state index in [2.05, 4.69) is 16.0 Å². The van der Waals surface area contributed by atoms with Crippen LogP contribution in [0, 0.1) is 0 Å². The Labute approximate surface area is 147 Å². The summed E-state index contributed by atoms with van der Waals surface area (Å²) in [5.41, 5.74) is 0.589. The monoisotopic (exact) mass is 351 g/mol. The van der Waals surface area contributed by atoms with E-state index in [9.17, 15) is 14.4 Å². The van der Waals surface area contributed by atoms with E-state index in [0.717, 1.165) is 4.90 Å². The average molecular weight is 351 g/mol. The van der Waals surface area contributed by atoms with Crippen molar-refractivity contribution in [3.05, 3.63) is 24.3 Å². The highest BCUT2D eigenvalue weighted by molar-refractivity contribution is 5.93. The third-order valence-electron chi connectivity index (χ3n) is 3.52. The molecule has 0 heterocycles. The summed E-state index contributed by atoms with van der Waals surface area (Å²) in [7, 11) is 1.54. The van der Waals surface area contributed by atoms with Crippen LogP contribution < -0.4 is 25.6 Å². The summed E-state index contributed by atoms with van der Waals surface area (Å²) in [6.07, 6.45) is 0. The molecular weight excluding hydrogens is 324 g/mol. The maximum Gasteiger partial charge on any atom is 0.279 e. The van der Waals surface area contributed by atoms with Gasteiger partial charge in [0, 0.05) is 6.54 Å². The number of nitrogens with one attached hydrogen (secondary N) is 4. The second kappa shape index (κ2) is 11.0. The molecule has 0 bridgehead atoms. The molecule has 0 aliphatic heterocycles. The predicted molar refractivity (Wildman–Crippen MR) is 94.6 cm³/mol. The molecule has 1 rings (SSSR count). The molecule has 4 N–H and O–H groups in total. The zero-order chi connectivity index (χ0) is 18.7. The van der Waals surface area contributed by atoms with Gasteiger partial charge in [-0.15, -0.1) is 0 Å². The maximum absolute atomic E-state index is 12.2. The summed E-state index contributed by atoms with van der Waals surface area (Å²) in [6, 6.07) is 7.13. The molecule has 1 aromatic carbocycles. The molecule has 0 aliphatic carbocycles. The number of para-hydroxylation sites is 2. The standard InChI is InChI=1S/C17H26N4O4/c1-4-18-15(22)10-19-16(23)11-21(5-2)12-17(24)20-13-8-6-7-9-14(13)25-3/h6-9H,4-5,10-12H2,1-3H3,(H,18,22)(H,19,23)(H,20,24)/p+1. The van der Waals surface area contributed by atoms with Gasteiger partial charge in [0.25, 0.3) is 11.8 Å². The molecule has 138 valence electrons. The number of benzene rings is 1. The summed E-state index contributed by atoms with van der Waals surface area (Å²) in [5, 5.41) is 7.94. The van der Waals surface area contributed by atoms with Gasteiger partial charge in [-0.1, -0.05) is 12.1 Å². The van der Waals surface area contributed by atoms with Gasteiger partial charge < -0.3 is 25.6 Å². The number of amides is 3. The molecule has 0 spiro atoms. The lowest BCUT2D eigenvalue weighted by atomic mass is 10.3. The Bertz CT molecular complexity index is 592. The van der Waals surface area contributed by atoms with E-state index in [0.29, 0.717) is 24.5 Å². The van der Waals surface area contributed by atoms with Crippen molar-refractivity contribution in [1.29, 1.82) is 0 Å². The van der Waals surface area contributed by atoms with Gasteiger partial charge in [-0.05, 0) is 26.0 Å². The van der Waals surface area contributed by atoms with Crippen LogP contribution in [0.1, 0.15) is 13.8 Å². The minimum absolute atomic E-state index is 0.0585. The predicted octanol–water partition coefficient (Wildman–Crippen LogP) is -1.21. The van der Waals surface area contributed by atoms with E-state index in [-0.39, 0.29) is 37.4 Å². The number of quaternary nitrogens is 1. The van der Waals surface area contributed by atoms with E-state index >= 15 is 0 Å². The lowest BCUT2D eigenvalue weighted by molar-refractivity contribution is -0.881. The third-order valence-corrected chi connectivity index (χ3v) is 3.52. The van der Waals surface area contributed by atoms with Crippen molar-refractivity contribution in [1.82, 2.24) is 10.6 Å². The van der Waals surface area contributed by atoms with E-state index in [1.165, 1.54) is 7.11 Å². The van der Waals surface area contributed by atoms with Gasteiger partial charge >= 0.3 is 0 Å². The van der Waals surface area contributed by atoms with Crippen molar-refractivity contribution >= 4 is 23.4 Å². The number of ether oxygens (including phenoxy) is 1. The fourth-order valence-corrected chi connectivity index (χ4v) is 2.21. The van der Waals surface area contributed by atoms with Crippen LogP contribution in [0.5, 0.6) is 5.75 Å². The topological polar surface area (TPSA) is 101 Å². The molecule has 1 aromatic rings. The fraction of sp³-hybridized carbons (Fsp3) is 0.471. The van der Waals surface area contributed by atoms with Crippen LogP contribution in [0.3, 0.4) is 0 Å². The van der Waals surface area contributed by atoms with Crippen molar-refractivity contribution < 1.29 is 24.0 Å². The Morgan fingerprint density at radius 2 is 1.68 bits per heavy atom. The van der Waals surface area contributed by atoms with E-state index < -0.39 is 0 Å². The quantitative estimate of drug-likeness (QED) is 0.425. The molecule has 25 heavy (non-hydrogen) atoms. The summed E-state index contributed by atoms with van der Waals surface area (Å²) in [5.74, 6) is -0.137. The Kier molecular flexibility index (Phi) is 9.02. The van der Waals surface area contributed by atoms with Crippen molar-refractivity contribution in [2.75, 3.05) is 45.2 Å². The number of hydrogen-bond donors (Lipinski definition) is 4. The van der Waals surface area contributed by atoms with Crippen LogP contribution in [0.25, 0.3) is 0 Å². The van der Waals surface area contributed by atoms with E-state index in [1.807, 2.05) is 19.9 Å². The number of methoxy groups -OCH3 is 1. The Balaban J connectivity index is 2.47. The molecule has 1 unspecified atom stereocenters. The van der Waals surface area contributed by atoms with Gasteiger partial charge in [0.1, 0.15) is 5.75 Å². The van der Waals surface area contributed by atoms with Crippen LogP contribution in [0.4, 0.5) is 5.69 Å². The minimum Gasteiger partial charge on any atom is -0.495 e. The zero-order valence-corrected chi connectivity index (χ0v) is 15.0. The third kappa shape index (κ3) is 7.67. The lowest BCUT2D eigenvalue weighted by Gasteiger charge is -2.17. The molecule has 0 radical (unpaired) electrons. The summed E-state index contributed by atoms with van der Waals surface area (Å²) < 4.78 is 5.19. The fourth-order valence-electron chi connectivity index (χ4n) is 2.21. The first-order valence-corrected chi connectivity index (χ1v) is 8.29. The second-order valence-electron chi connectivity index (χ2n) is 5.44. The molecule has 0 aliphatic rings. The molecule has 0 fully saturated rings. The summed E-state index contributed by atoms with van der Waals surface area (Å²) in [6.45, 7) is 5.03. The van der Waals surface area contributed by atoms with Gasteiger partial charge in [-0.25, -0.2) is 0 Å². The van der Waals surface area contributed by atoms with Crippen molar-refractivity contribution in [3.8, 4) is 5.75 Å². The molecule has 0 aromatic heterocycles. The summed E-state index contributed by atoms with van der Waals surface area (Å²) >= 11 is 0. The van der Waals surface area contributed by atoms with Crippen LogP contribution in [0.2, 0.25) is 0 Å². The molecule has 3 amide bonds. The molecule has 0 saturated heterocycles. The smallest absolute Gasteiger partial charge is 0.279 e. The molecule has 8 heteroatoms. The maximum atomic E-state index is 12.2. The number of anilines is 1. The van der Waals surface area contributed by atoms with Crippen LogP contribution in [-0.4, -0.2) is 57.6 Å². The second-order valence-corrected chi connectivity index (χ2v) is 5.44. The first kappa shape index (κ1) is 20.4. The minimum atomic E-state index is -0.270. The van der Waals surface area contributed by atoms with Crippen LogP contribution in [0.15, 0.2) is 24.3 Å². The van der Waals surface area contributed by atoms with Crippen LogP contribution in [-0.2, 0) is 14.4 Å². The van der Waals surface area contributed by atoms with Gasteiger partial charge in [-0.2, -0.15) is 0 Å². The number of rotatable bonds is 10. The summed E-state index contributed by atoms with van der Waals surface area (Å²) in [4.78, 5) is 36.2. The SMILES string of the molecule is CCNC(=O)CNC(=O)C[NH+](CC)CC(=O)Nc1ccccc1OC. The first-order chi connectivity index (χ1) is 12.0. The lowest BCUT2D eigenvalue weighted by Crippen LogP contribution is -3.14. The number of carbonyl (C=O) groups is 3. The van der Waals surface area contributed by atoms with Crippen molar-refractivity contribution in [2.45, 2.75) is 13.8 Å². The zero-order valence-electron chi connectivity index (χ0n) is 15.0. The van der Waals surface area contributed by atoms with Gasteiger partial charge in [0.15, 0.2) is 13.1 Å². The largest absolute Gasteiger partial charge is 0.495 e. The molecule has 8 nitrogen and oxygen atoms in total. The highest BCUT2D eigenvalue weighted by Crippen LogP contribution is 2.22. The number of likely N-dealkylation sites (N-methyl/N-ethyl adjacent to an activating group) is 2.